The van der Waals surface area contributed by atoms with Crippen molar-refractivity contribution in [2.24, 2.45) is 0 Å². The second-order valence-electron chi connectivity index (χ2n) is 4.60. The van der Waals surface area contributed by atoms with Gasteiger partial charge in [0.05, 0.1) is 6.04 Å². The zero-order valence-electron chi connectivity index (χ0n) is 11.1. The highest BCUT2D eigenvalue weighted by Gasteiger charge is 2.13. The molecule has 0 aliphatic heterocycles. The number of halogens is 2. The number of aryl methyl sites for hydroxylation is 1. The number of rotatable bonds is 4. The van der Waals surface area contributed by atoms with E-state index >= 15 is 0 Å². The van der Waals surface area contributed by atoms with E-state index in [1.807, 2.05) is 26.0 Å². The van der Waals surface area contributed by atoms with Crippen LogP contribution in [0.1, 0.15) is 29.7 Å². The zero-order valence-corrected chi connectivity index (χ0v) is 11.8. The Morgan fingerprint density at radius 1 is 1.11 bits per heavy atom. The molecule has 0 aliphatic carbocycles. The Labute approximate surface area is 118 Å². The summed E-state index contributed by atoms with van der Waals surface area (Å²) >= 11 is 6.12. The fourth-order valence-corrected chi connectivity index (χ4v) is 2.52. The molecule has 2 rings (SSSR count). The van der Waals surface area contributed by atoms with Crippen LogP contribution in [0.3, 0.4) is 0 Å². The third kappa shape index (κ3) is 3.55. The molecule has 0 heterocycles. The molecule has 1 atom stereocenters. The average molecular weight is 278 g/mol. The van der Waals surface area contributed by atoms with Crippen molar-refractivity contribution in [1.82, 2.24) is 5.32 Å². The molecule has 2 aromatic rings. The Morgan fingerprint density at radius 3 is 2.37 bits per heavy atom. The summed E-state index contributed by atoms with van der Waals surface area (Å²) < 4.78 is 13.0. The molecule has 0 fully saturated rings. The van der Waals surface area contributed by atoms with Crippen molar-refractivity contribution in [3.8, 4) is 0 Å². The van der Waals surface area contributed by atoms with E-state index in [4.69, 9.17) is 11.6 Å². The maximum absolute atomic E-state index is 13.0. The summed E-state index contributed by atoms with van der Waals surface area (Å²) in [6.07, 6.45) is 0. The van der Waals surface area contributed by atoms with Gasteiger partial charge in [0.1, 0.15) is 5.82 Å². The lowest BCUT2D eigenvalue weighted by atomic mass is 9.97. The fraction of sp³-hybridized carbons (Fsp3) is 0.250. The average Bonchev–Trinajstić information content (AvgIpc) is 2.36. The molecule has 0 amide bonds. The van der Waals surface area contributed by atoms with Crippen LogP contribution in [0.5, 0.6) is 0 Å². The topological polar surface area (TPSA) is 12.0 Å². The SMILES string of the molecule is CCNC(c1ccc(F)cc1)c1cc(C)cc(Cl)c1. The molecule has 2 aromatic carbocycles. The van der Waals surface area contributed by atoms with Gasteiger partial charge in [0, 0.05) is 5.02 Å². The zero-order chi connectivity index (χ0) is 13.8. The largest absolute Gasteiger partial charge is 0.307 e. The molecule has 100 valence electrons. The van der Waals surface area contributed by atoms with Crippen molar-refractivity contribution in [2.45, 2.75) is 19.9 Å². The minimum atomic E-state index is -0.221. The first-order chi connectivity index (χ1) is 9.10. The summed E-state index contributed by atoms with van der Waals surface area (Å²) in [5.41, 5.74) is 3.25. The van der Waals surface area contributed by atoms with E-state index in [0.29, 0.717) is 0 Å². The lowest BCUT2D eigenvalue weighted by Crippen LogP contribution is -2.22. The van der Waals surface area contributed by atoms with E-state index in [0.717, 1.165) is 28.3 Å². The number of hydrogen-bond donors (Lipinski definition) is 1. The van der Waals surface area contributed by atoms with Crippen LogP contribution in [0.2, 0.25) is 5.02 Å². The number of benzene rings is 2. The minimum absolute atomic E-state index is 0.0306. The van der Waals surface area contributed by atoms with E-state index in [1.54, 1.807) is 12.1 Å². The van der Waals surface area contributed by atoms with Gasteiger partial charge in [0.15, 0.2) is 0 Å². The van der Waals surface area contributed by atoms with Crippen LogP contribution in [-0.4, -0.2) is 6.54 Å². The molecule has 0 bridgehead atoms. The Bertz CT molecular complexity index is 531. The number of nitrogens with one attached hydrogen (secondary N) is 1. The summed E-state index contributed by atoms with van der Waals surface area (Å²) in [6, 6.07) is 12.6. The first kappa shape index (κ1) is 14.0. The van der Waals surface area contributed by atoms with Gasteiger partial charge in [-0.15, -0.1) is 0 Å². The first-order valence-corrected chi connectivity index (χ1v) is 6.74. The molecule has 0 spiro atoms. The van der Waals surface area contributed by atoms with Crippen LogP contribution in [0, 0.1) is 12.7 Å². The van der Waals surface area contributed by atoms with Crippen molar-refractivity contribution < 1.29 is 4.39 Å². The molecular formula is C16H17ClFN. The predicted octanol–water partition coefficient (Wildman–Crippen LogP) is 4.49. The summed E-state index contributed by atoms with van der Waals surface area (Å²) in [7, 11) is 0. The molecule has 0 radical (unpaired) electrons. The highest BCUT2D eigenvalue weighted by Crippen LogP contribution is 2.26. The Hall–Kier alpha value is -1.38. The highest BCUT2D eigenvalue weighted by atomic mass is 35.5. The van der Waals surface area contributed by atoms with Gasteiger partial charge < -0.3 is 5.32 Å². The van der Waals surface area contributed by atoms with Gasteiger partial charge in [-0.25, -0.2) is 4.39 Å². The third-order valence-electron chi connectivity index (χ3n) is 3.01. The van der Waals surface area contributed by atoms with Crippen LogP contribution in [-0.2, 0) is 0 Å². The first-order valence-electron chi connectivity index (χ1n) is 6.36. The predicted molar refractivity (Wildman–Crippen MR) is 78.1 cm³/mol. The summed E-state index contributed by atoms with van der Waals surface area (Å²) in [4.78, 5) is 0. The summed E-state index contributed by atoms with van der Waals surface area (Å²) in [5, 5.41) is 4.13. The van der Waals surface area contributed by atoms with Crippen molar-refractivity contribution in [3.63, 3.8) is 0 Å². The Morgan fingerprint density at radius 2 is 1.79 bits per heavy atom. The maximum Gasteiger partial charge on any atom is 0.123 e. The van der Waals surface area contributed by atoms with E-state index in [2.05, 4.69) is 11.4 Å². The molecule has 1 nitrogen and oxygen atoms in total. The molecule has 3 heteroatoms. The molecule has 19 heavy (non-hydrogen) atoms. The third-order valence-corrected chi connectivity index (χ3v) is 3.23. The lowest BCUT2D eigenvalue weighted by molar-refractivity contribution is 0.613. The monoisotopic (exact) mass is 277 g/mol. The van der Waals surface area contributed by atoms with Crippen molar-refractivity contribution in [2.75, 3.05) is 6.54 Å². The van der Waals surface area contributed by atoms with Crippen LogP contribution >= 0.6 is 11.6 Å². The maximum atomic E-state index is 13.0. The van der Waals surface area contributed by atoms with Crippen LogP contribution in [0.15, 0.2) is 42.5 Å². The van der Waals surface area contributed by atoms with E-state index in [-0.39, 0.29) is 11.9 Å². The molecule has 0 saturated heterocycles. The van der Waals surface area contributed by atoms with Crippen molar-refractivity contribution in [3.05, 3.63) is 70.0 Å². The van der Waals surface area contributed by atoms with E-state index in [1.165, 1.54) is 12.1 Å². The Balaban J connectivity index is 2.41. The Kier molecular flexibility index (Phi) is 4.56. The van der Waals surface area contributed by atoms with Crippen LogP contribution in [0.4, 0.5) is 4.39 Å². The van der Waals surface area contributed by atoms with Gasteiger partial charge in [0.25, 0.3) is 0 Å². The second-order valence-corrected chi connectivity index (χ2v) is 5.04. The minimum Gasteiger partial charge on any atom is -0.307 e. The van der Waals surface area contributed by atoms with Gasteiger partial charge in [0.2, 0.25) is 0 Å². The smallest absolute Gasteiger partial charge is 0.123 e. The molecule has 1 unspecified atom stereocenters. The van der Waals surface area contributed by atoms with E-state index < -0.39 is 0 Å². The van der Waals surface area contributed by atoms with E-state index in [9.17, 15) is 4.39 Å². The fourth-order valence-electron chi connectivity index (χ4n) is 2.22. The summed E-state index contributed by atoms with van der Waals surface area (Å²) in [5.74, 6) is -0.221. The molecule has 0 aliphatic rings. The molecule has 0 saturated carbocycles. The van der Waals surface area contributed by atoms with Gasteiger partial charge >= 0.3 is 0 Å². The molecule has 1 N–H and O–H groups in total. The van der Waals surface area contributed by atoms with Gasteiger partial charge in [-0.3, -0.25) is 0 Å². The quantitative estimate of drug-likeness (QED) is 0.868. The van der Waals surface area contributed by atoms with Crippen LogP contribution < -0.4 is 5.32 Å². The van der Waals surface area contributed by atoms with Gasteiger partial charge in [-0.05, 0) is 54.4 Å². The number of hydrogen-bond acceptors (Lipinski definition) is 1. The van der Waals surface area contributed by atoms with Gasteiger partial charge in [-0.2, -0.15) is 0 Å². The van der Waals surface area contributed by atoms with Crippen molar-refractivity contribution in [1.29, 1.82) is 0 Å². The molecule has 0 aromatic heterocycles. The standard InChI is InChI=1S/C16H17ClFN/c1-3-19-16(12-4-6-15(18)7-5-12)13-8-11(2)9-14(17)10-13/h4-10,16,19H,3H2,1-2H3. The van der Waals surface area contributed by atoms with Gasteiger partial charge in [-0.1, -0.05) is 36.7 Å². The molecular weight excluding hydrogens is 261 g/mol. The normalized spacial score (nSPS) is 12.4. The lowest BCUT2D eigenvalue weighted by Gasteiger charge is -2.20. The highest BCUT2D eigenvalue weighted by molar-refractivity contribution is 6.30. The van der Waals surface area contributed by atoms with Crippen molar-refractivity contribution >= 4 is 11.6 Å². The second kappa shape index (κ2) is 6.18. The van der Waals surface area contributed by atoms with Crippen LogP contribution in [0.25, 0.3) is 0 Å². The summed E-state index contributed by atoms with van der Waals surface area (Å²) in [6.45, 7) is 4.89.